The lowest BCUT2D eigenvalue weighted by molar-refractivity contribution is -0.120. The van der Waals surface area contributed by atoms with Gasteiger partial charge in [-0.2, -0.15) is 0 Å². The minimum absolute atomic E-state index is 0.0517. The largest absolute Gasteiger partial charge is 0.490 e. The van der Waals surface area contributed by atoms with Crippen molar-refractivity contribution in [3.63, 3.8) is 0 Å². The maximum absolute atomic E-state index is 12.0. The van der Waals surface area contributed by atoms with E-state index in [0.29, 0.717) is 36.8 Å². The van der Waals surface area contributed by atoms with Gasteiger partial charge in [-0.15, -0.1) is 0 Å². The van der Waals surface area contributed by atoms with Crippen molar-refractivity contribution in [1.82, 2.24) is 10.6 Å². The van der Waals surface area contributed by atoms with E-state index < -0.39 is 0 Å². The van der Waals surface area contributed by atoms with Crippen LogP contribution in [0.4, 0.5) is 0 Å². The average Bonchev–Trinajstić information content (AvgIpc) is 2.47. The number of hydrogen-bond acceptors (Lipinski definition) is 4. The number of nitrogens with one attached hydrogen (secondary N) is 2. The second-order valence-corrected chi connectivity index (χ2v) is 4.16. The van der Waals surface area contributed by atoms with Crippen molar-refractivity contribution in [2.75, 3.05) is 26.3 Å². The van der Waals surface area contributed by atoms with Crippen molar-refractivity contribution >= 4 is 11.8 Å². The van der Waals surface area contributed by atoms with Crippen LogP contribution < -0.4 is 20.1 Å². The SMILES string of the molecule is CCNC(=O)CNC(=O)c1ccc(OCC)c(OCC)c1. The zero-order valence-corrected chi connectivity index (χ0v) is 12.7. The Morgan fingerprint density at radius 1 is 1.00 bits per heavy atom. The van der Waals surface area contributed by atoms with E-state index in [4.69, 9.17) is 9.47 Å². The summed E-state index contributed by atoms with van der Waals surface area (Å²) in [6.07, 6.45) is 0. The van der Waals surface area contributed by atoms with Gasteiger partial charge in [0.25, 0.3) is 5.91 Å². The van der Waals surface area contributed by atoms with Crippen molar-refractivity contribution in [3.8, 4) is 11.5 Å². The van der Waals surface area contributed by atoms with Gasteiger partial charge in [-0.3, -0.25) is 9.59 Å². The fraction of sp³-hybridized carbons (Fsp3) is 0.467. The molecule has 0 unspecified atom stereocenters. The number of carbonyl (C=O) groups is 2. The first-order valence-corrected chi connectivity index (χ1v) is 7.06. The summed E-state index contributed by atoms with van der Waals surface area (Å²) in [4.78, 5) is 23.3. The smallest absolute Gasteiger partial charge is 0.251 e. The van der Waals surface area contributed by atoms with Crippen LogP contribution in [0.5, 0.6) is 11.5 Å². The second kappa shape index (κ2) is 8.84. The third kappa shape index (κ3) is 5.33. The molecule has 116 valence electrons. The first-order chi connectivity index (χ1) is 10.1. The highest BCUT2D eigenvalue weighted by Crippen LogP contribution is 2.28. The highest BCUT2D eigenvalue weighted by atomic mass is 16.5. The topological polar surface area (TPSA) is 76.7 Å². The maximum Gasteiger partial charge on any atom is 0.251 e. The van der Waals surface area contributed by atoms with Gasteiger partial charge in [0, 0.05) is 12.1 Å². The molecule has 0 spiro atoms. The lowest BCUT2D eigenvalue weighted by Crippen LogP contribution is -2.36. The molecule has 1 aromatic carbocycles. The number of carbonyl (C=O) groups excluding carboxylic acids is 2. The molecule has 21 heavy (non-hydrogen) atoms. The van der Waals surface area contributed by atoms with E-state index in [9.17, 15) is 9.59 Å². The molecule has 0 saturated heterocycles. The third-order valence-electron chi connectivity index (χ3n) is 2.59. The normalized spacial score (nSPS) is 9.86. The molecule has 6 nitrogen and oxygen atoms in total. The molecule has 0 radical (unpaired) electrons. The molecule has 1 rings (SSSR count). The fourth-order valence-corrected chi connectivity index (χ4v) is 1.71. The maximum atomic E-state index is 12.0. The van der Waals surface area contributed by atoms with Crippen LogP contribution in [-0.4, -0.2) is 38.1 Å². The Labute approximate surface area is 124 Å². The number of rotatable bonds is 8. The van der Waals surface area contributed by atoms with Crippen LogP contribution in [0.2, 0.25) is 0 Å². The lowest BCUT2D eigenvalue weighted by atomic mass is 10.2. The van der Waals surface area contributed by atoms with Crippen molar-refractivity contribution in [3.05, 3.63) is 23.8 Å². The number of hydrogen-bond donors (Lipinski definition) is 2. The van der Waals surface area contributed by atoms with Crippen LogP contribution in [0.1, 0.15) is 31.1 Å². The van der Waals surface area contributed by atoms with Crippen LogP contribution >= 0.6 is 0 Å². The summed E-state index contributed by atoms with van der Waals surface area (Å²) < 4.78 is 10.9. The molecule has 0 aliphatic carbocycles. The highest BCUT2D eigenvalue weighted by Gasteiger charge is 2.12. The molecule has 6 heteroatoms. The van der Waals surface area contributed by atoms with Crippen LogP contribution in [0, 0.1) is 0 Å². The van der Waals surface area contributed by atoms with Gasteiger partial charge in [0.1, 0.15) is 0 Å². The van der Waals surface area contributed by atoms with E-state index in [1.807, 2.05) is 20.8 Å². The van der Waals surface area contributed by atoms with Gasteiger partial charge in [0.15, 0.2) is 11.5 Å². The molecule has 0 saturated carbocycles. The average molecular weight is 294 g/mol. The molecule has 1 aromatic rings. The zero-order valence-electron chi connectivity index (χ0n) is 12.7. The predicted molar refractivity (Wildman–Crippen MR) is 79.8 cm³/mol. The van der Waals surface area contributed by atoms with Crippen LogP contribution in [0.3, 0.4) is 0 Å². The summed E-state index contributed by atoms with van der Waals surface area (Å²) in [7, 11) is 0. The van der Waals surface area contributed by atoms with Crippen LogP contribution in [0.25, 0.3) is 0 Å². The summed E-state index contributed by atoms with van der Waals surface area (Å²) in [5, 5.41) is 5.17. The first kappa shape index (κ1) is 16.8. The summed E-state index contributed by atoms with van der Waals surface area (Å²) in [6.45, 7) is 7.03. The Bertz CT molecular complexity index is 489. The lowest BCUT2D eigenvalue weighted by Gasteiger charge is -2.12. The third-order valence-corrected chi connectivity index (χ3v) is 2.59. The van der Waals surface area contributed by atoms with Crippen molar-refractivity contribution in [2.24, 2.45) is 0 Å². The van der Waals surface area contributed by atoms with E-state index in [2.05, 4.69) is 10.6 Å². The van der Waals surface area contributed by atoms with Crippen molar-refractivity contribution in [2.45, 2.75) is 20.8 Å². The summed E-state index contributed by atoms with van der Waals surface area (Å²) in [5.41, 5.74) is 0.422. The van der Waals surface area contributed by atoms with Gasteiger partial charge in [-0.25, -0.2) is 0 Å². The Hall–Kier alpha value is -2.24. The molecule has 0 heterocycles. The first-order valence-electron chi connectivity index (χ1n) is 7.06. The molecule has 0 aliphatic heterocycles. The minimum atomic E-state index is -0.328. The monoisotopic (exact) mass is 294 g/mol. The predicted octanol–water partition coefficient (Wildman–Crippen LogP) is 1.35. The molecular weight excluding hydrogens is 272 g/mol. The van der Waals surface area contributed by atoms with E-state index >= 15 is 0 Å². The minimum Gasteiger partial charge on any atom is -0.490 e. The van der Waals surface area contributed by atoms with Gasteiger partial charge in [-0.1, -0.05) is 0 Å². The molecule has 0 aliphatic rings. The van der Waals surface area contributed by atoms with Gasteiger partial charge >= 0.3 is 0 Å². The van der Waals surface area contributed by atoms with Gasteiger partial charge in [-0.05, 0) is 39.0 Å². The summed E-state index contributed by atoms with van der Waals surface area (Å²) >= 11 is 0. The zero-order chi connectivity index (χ0) is 15.7. The van der Waals surface area contributed by atoms with E-state index in [-0.39, 0.29) is 18.4 Å². The Morgan fingerprint density at radius 3 is 2.29 bits per heavy atom. The summed E-state index contributed by atoms with van der Waals surface area (Å²) in [5.74, 6) is 0.566. The van der Waals surface area contributed by atoms with Crippen molar-refractivity contribution < 1.29 is 19.1 Å². The number of likely N-dealkylation sites (N-methyl/N-ethyl adjacent to an activating group) is 1. The van der Waals surface area contributed by atoms with E-state index in [1.165, 1.54) is 0 Å². The second-order valence-electron chi connectivity index (χ2n) is 4.16. The van der Waals surface area contributed by atoms with Gasteiger partial charge < -0.3 is 20.1 Å². The molecule has 2 amide bonds. The Balaban J connectivity index is 2.75. The number of benzene rings is 1. The van der Waals surface area contributed by atoms with Crippen molar-refractivity contribution in [1.29, 1.82) is 0 Å². The molecule has 2 N–H and O–H groups in total. The van der Waals surface area contributed by atoms with Crippen LogP contribution in [0.15, 0.2) is 18.2 Å². The molecule has 0 fully saturated rings. The molecule has 0 bridgehead atoms. The number of amides is 2. The Morgan fingerprint density at radius 2 is 1.67 bits per heavy atom. The Kier molecular flexibility index (Phi) is 7.08. The quantitative estimate of drug-likeness (QED) is 0.759. The fourth-order valence-electron chi connectivity index (χ4n) is 1.71. The van der Waals surface area contributed by atoms with Crippen LogP contribution in [-0.2, 0) is 4.79 Å². The van der Waals surface area contributed by atoms with Gasteiger partial charge in [0.2, 0.25) is 5.91 Å². The molecular formula is C15H22N2O4. The van der Waals surface area contributed by atoms with E-state index in [0.717, 1.165) is 0 Å². The highest BCUT2D eigenvalue weighted by molar-refractivity contribution is 5.97. The van der Waals surface area contributed by atoms with Gasteiger partial charge in [0.05, 0.1) is 19.8 Å². The molecule has 0 aromatic heterocycles. The number of ether oxygens (including phenoxy) is 2. The van der Waals surface area contributed by atoms with E-state index in [1.54, 1.807) is 18.2 Å². The standard InChI is InChI=1S/C15H22N2O4/c1-4-16-14(18)10-17-15(19)11-7-8-12(20-5-2)13(9-11)21-6-3/h7-9H,4-6,10H2,1-3H3,(H,16,18)(H,17,19). The molecule has 0 atom stereocenters. The summed E-state index contributed by atoms with van der Waals surface area (Å²) in [6, 6.07) is 4.94.